The first kappa shape index (κ1) is 17.5. The van der Waals surface area contributed by atoms with E-state index in [0.29, 0.717) is 18.9 Å². The van der Waals surface area contributed by atoms with Crippen molar-refractivity contribution >= 4 is 5.91 Å². The zero-order valence-electron chi connectivity index (χ0n) is 16.4. The van der Waals surface area contributed by atoms with Crippen LogP contribution in [0.4, 0.5) is 0 Å². The van der Waals surface area contributed by atoms with Crippen LogP contribution in [0.3, 0.4) is 0 Å². The highest BCUT2D eigenvalue weighted by atomic mass is 16.6. The fourth-order valence-electron chi connectivity index (χ4n) is 5.00. The maximum atomic E-state index is 13.3. The summed E-state index contributed by atoms with van der Waals surface area (Å²) in [7, 11) is 0. The standard InChI is InChI=1S/C22H25N3O3/c1-14-11-24-18(12-23-14)21(26)25-13-22(5-3-4-6-22)17-10-20-19(27-7-8-28-20)9-16(17)15(25)2/h9-12,15H,3-8,13H2,1-2H3/t15-/m1/s1. The second-order valence-electron chi connectivity index (χ2n) is 8.22. The Labute approximate surface area is 164 Å². The van der Waals surface area contributed by atoms with Gasteiger partial charge < -0.3 is 14.4 Å². The smallest absolute Gasteiger partial charge is 0.274 e. The van der Waals surface area contributed by atoms with E-state index in [4.69, 9.17) is 9.47 Å². The van der Waals surface area contributed by atoms with E-state index >= 15 is 0 Å². The molecule has 2 aliphatic heterocycles. The molecule has 1 amide bonds. The number of ether oxygens (including phenoxy) is 2. The molecule has 1 saturated carbocycles. The summed E-state index contributed by atoms with van der Waals surface area (Å²) in [5.41, 5.74) is 3.72. The van der Waals surface area contributed by atoms with Crippen molar-refractivity contribution in [2.45, 2.75) is 51.0 Å². The summed E-state index contributed by atoms with van der Waals surface area (Å²) in [4.78, 5) is 23.9. The molecule has 1 spiro atoms. The number of amides is 1. The minimum atomic E-state index is -0.0492. The van der Waals surface area contributed by atoms with Gasteiger partial charge in [-0.1, -0.05) is 12.8 Å². The van der Waals surface area contributed by atoms with Crippen LogP contribution in [0.1, 0.15) is 66.0 Å². The SMILES string of the molecule is Cc1cnc(C(=O)N2CC3(CCCC3)c3cc4c(cc3[C@H]2C)OCCO4)cn1. The molecule has 1 aliphatic carbocycles. The van der Waals surface area contributed by atoms with Crippen molar-refractivity contribution in [2.75, 3.05) is 19.8 Å². The van der Waals surface area contributed by atoms with E-state index in [2.05, 4.69) is 29.0 Å². The molecule has 5 rings (SSSR count). The summed E-state index contributed by atoms with van der Waals surface area (Å²) in [5.74, 6) is 1.58. The summed E-state index contributed by atoms with van der Waals surface area (Å²) >= 11 is 0. The molecule has 1 aromatic heterocycles. The first-order chi connectivity index (χ1) is 13.6. The number of hydrogen-bond acceptors (Lipinski definition) is 5. The van der Waals surface area contributed by atoms with Crippen molar-refractivity contribution in [3.63, 3.8) is 0 Å². The molecule has 0 bridgehead atoms. The van der Waals surface area contributed by atoms with E-state index in [1.54, 1.807) is 12.4 Å². The lowest BCUT2D eigenvalue weighted by Gasteiger charge is -2.46. The van der Waals surface area contributed by atoms with Crippen LogP contribution in [0.2, 0.25) is 0 Å². The maximum absolute atomic E-state index is 13.3. The Morgan fingerprint density at radius 3 is 2.50 bits per heavy atom. The van der Waals surface area contributed by atoms with E-state index in [0.717, 1.165) is 36.6 Å². The molecule has 28 heavy (non-hydrogen) atoms. The van der Waals surface area contributed by atoms with Crippen LogP contribution in [0, 0.1) is 6.92 Å². The first-order valence-electron chi connectivity index (χ1n) is 10.1. The molecule has 0 unspecified atom stereocenters. The predicted octanol–water partition coefficient (Wildman–Crippen LogP) is 3.59. The van der Waals surface area contributed by atoms with Crippen LogP contribution in [0.5, 0.6) is 11.5 Å². The normalized spacial score (nSPS) is 22.2. The number of benzene rings is 1. The Morgan fingerprint density at radius 2 is 1.82 bits per heavy atom. The van der Waals surface area contributed by atoms with Crippen LogP contribution in [-0.2, 0) is 5.41 Å². The molecule has 6 heteroatoms. The molecule has 0 saturated heterocycles. The molecule has 0 N–H and O–H groups in total. The maximum Gasteiger partial charge on any atom is 0.274 e. The average molecular weight is 379 g/mol. The third-order valence-corrected chi connectivity index (χ3v) is 6.50. The fraction of sp³-hybridized carbons (Fsp3) is 0.500. The fourth-order valence-corrected chi connectivity index (χ4v) is 5.00. The zero-order chi connectivity index (χ0) is 19.3. The van der Waals surface area contributed by atoms with Gasteiger partial charge in [-0.3, -0.25) is 9.78 Å². The Hall–Kier alpha value is -2.63. The topological polar surface area (TPSA) is 64.6 Å². The predicted molar refractivity (Wildman–Crippen MR) is 104 cm³/mol. The third kappa shape index (κ3) is 2.65. The number of nitrogens with zero attached hydrogens (tertiary/aromatic N) is 3. The lowest BCUT2D eigenvalue weighted by molar-refractivity contribution is 0.0586. The van der Waals surface area contributed by atoms with Crippen molar-refractivity contribution in [1.29, 1.82) is 0 Å². The van der Waals surface area contributed by atoms with Gasteiger partial charge in [0.25, 0.3) is 5.91 Å². The van der Waals surface area contributed by atoms with E-state index in [-0.39, 0.29) is 17.4 Å². The summed E-state index contributed by atoms with van der Waals surface area (Å²) in [5, 5.41) is 0. The lowest BCUT2D eigenvalue weighted by atomic mass is 9.71. The summed E-state index contributed by atoms with van der Waals surface area (Å²) in [6, 6.07) is 4.22. The van der Waals surface area contributed by atoms with Gasteiger partial charge in [-0.25, -0.2) is 4.98 Å². The summed E-state index contributed by atoms with van der Waals surface area (Å²) in [6.07, 6.45) is 7.81. The largest absolute Gasteiger partial charge is 0.486 e. The molecule has 0 radical (unpaired) electrons. The third-order valence-electron chi connectivity index (χ3n) is 6.50. The van der Waals surface area contributed by atoms with Gasteiger partial charge in [0.2, 0.25) is 0 Å². The van der Waals surface area contributed by atoms with Gasteiger partial charge in [0.1, 0.15) is 18.9 Å². The van der Waals surface area contributed by atoms with Crippen molar-refractivity contribution in [1.82, 2.24) is 14.9 Å². The lowest BCUT2D eigenvalue weighted by Crippen LogP contribution is -2.49. The highest BCUT2D eigenvalue weighted by Crippen LogP contribution is 2.52. The number of aryl methyl sites for hydroxylation is 1. The number of carbonyl (C=O) groups excluding carboxylic acids is 1. The number of hydrogen-bond donors (Lipinski definition) is 0. The molecular weight excluding hydrogens is 354 g/mol. The average Bonchev–Trinajstić information content (AvgIpc) is 3.19. The number of carbonyl (C=O) groups is 1. The van der Waals surface area contributed by atoms with Crippen molar-refractivity contribution < 1.29 is 14.3 Å². The molecule has 3 heterocycles. The molecule has 146 valence electrons. The highest BCUT2D eigenvalue weighted by molar-refractivity contribution is 5.92. The number of aromatic nitrogens is 2. The monoisotopic (exact) mass is 379 g/mol. The van der Waals surface area contributed by atoms with Gasteiger partial charge in [-0.2, -0.15) is 0 Å². The zero-order valence-corrected chi connectivity index (χ0v) is 16.4. The highest BCUT2D eigenvalue weighted by Gasteiger charge is 2.46. The molecule has 1 atom stereocenters. The second kappa shape index (κ2) is 6.47. The van der Waals surface area contributed by atoms with Gasteiger partial charge in [-0.15, -0.1) is 0 Å². The van der Waals surface area contributed by atoms with E-state index in [1.165, 1.54) is 24.0 Å². The Balaban J connectivity index is 1.59. The summed E-state index contributed by atoms with van der Waals surface area (Å²) < 4.78 is 11.7. The van der Waals surface area contributed by atoms with Crippen LogP contribution < -0.4 is 9.47 Å². The quantitative estimate of drug-likeness (QED) is 0.758. The Morgan fingerprint density at radius 1 is 1.11 bits per heavy atom. The van der Waals surface area contributed by atoms with E-state index in [1.807, 2.05) is 11.8 Å². The molecule has 1 aromatic carbocycles. The van der Waals surface area contributed by atoms with E-state index in [9.17, 15) is 4.79 Å². The van der Waals surface area contributed by atoms with Gasteiger partial charge in [0.15, 0.2) is 11.5 Å². The van der Waals surface area contributed by atoms with Gasteiger partial charge in [0.05, 0.1) is 17.9 Å². The minimum Gasteiger partial charge on any atom is -0.486 e. The van der Waals surface area contributed by atoms with Gasteiger partial charge >= 0.3 is 0 Å². The Bertz CT molecular complexity index is 919. The minimum absolute atomic E-state index is 0.00847. The molecule has 6 nitrogen and oxygen atoms in total. The van der Waals surface area contributed by atoms with Crippen molar-refractivity contribution in [2.24, 2.45) is 0 Å². The summed E-state index contributed by atoms with van der Waals surface area (Å²) in [6.45, 7) is 5.84. The van der Waals surface area contributed by atoms with Gasteiger partial charge in [-0.05, 0) is 49.9 Å². The number of rotatable bonds is 1. The molecule has 1 fully saturated rings. The first-order valence-corrected chi connectivity index (χ1v) is 10.1. The number of fused-ring (bicyclic) bond motifs is 3. The van der Waals surface area contributed by atoms with Crippen molar-refractivity contribution in [3.8, 4) is 11.5 Å². The van der Waals surface area contributed by atoms with Crippen LogP contribution in [0.15, 0.2) is 24.5 Å². The van der Waals surface area contributed by atoms with E-state index < -0.39 is 0 Å². The van der Waals surface area contributed by atoms with Gasteiger partial charge in [0, 0.05) is 18.2 Å². The van der Waals surface area contributed by atoms with Crippen LogP contribution in [-0.4, -0.2) is 40.5 Å². The van der Waals surface area contributed by atoms with Crippen LogP contribution in [0.25, 0.3) is 0 Å². The molecule has 2 aromatic rings. The van der Waals surface area contributed by atoms with Crippen LogP contribution >= 0.6 is 0 Å². The van der Waals surface area contributed by atoms with Crippen molar-refractivity contribution in [3.05, 3.63) is 47.0 Å². The Kier molecular flexibility index (Phi) is 4.03. The molecule has 3 aliphatic rings. The molecular formula is C22H25N3O3. The second-order valence-corrected chi connectivity index (χ2v) is 8.22.